The molecule has 0 unspecified atom stereocenters. The van der Waals surface area contributed by atoms with E-state index in [1.54, 1.807) is 0 Å². The van der Waals surface area contributed by atoms with Gasteiger partial charge in [0.05, 0.1) is 0 Å². The van der Waals surface area contributed by atoms with Gasteiger partial charge in [0.1, 0.15) is 0 Å². The summed E-state index contributed by atoms with van der Waals surface area (Å²) in [5, 5.41) is 0. The van der Waals surface area contributed by atoms with E-state index in [0.717, 1.165) is 0 Å². The van der Waals surface area contributed by atoms with Crippen molar-refractivity contribution in [2.24, 2.45) is 0 Å². The summed E-state index contributed by atoms with van der Waals surface area (Å²) in [6, 6.07) is 8.38. The van der Waals surface area contributed by atoms with Gasteiger partial charge in [0.2, 0.25) is 0 Å². The SMILES string of the molecule is Cc1ccc([I-]Cl)cc1. The summed E-state index contributed by atoms with van der Waals surface area (Å²) in [4.78, 5) is 0. The minimum atomic E-state index is -0.231. The molecule has 50 valence electrons. The van der Waals surface area contributed by atoms with Crippen molar-refractivity contribution < 1.29 is 20.1 Å². The van der Waals surface area contributed by atoms with Crippen LogP contribution in [-0.4, -0.2) is 0 Å². The quantitative estimate of drug-likeness (QED) is 0.587. The van der Waals surface area contributed by atoms with Gasteiger partial charge in [-0.2, -0.15) is 0 Å². The summed E-state index contributed by atoms with van der Waals surface area (Å²) in [6.07, 6.45) is 0. The van der Waals surface area contributed by atoms with E-state index >= 15 is 0 Å². The van der Waals surface area contributed by atoms with Crippen LogP contribution in [0.25, 0.3) is 0 Å². The van der Waals surface area contributed by atoms with Gasteiger partial charge in [-0.1, -0.05) is 0 Å². The molecular formula is C7H7ClI-. The summed E-state index contributed by atoms with van der Waals surface area (Å²) >= 11 is -0.231. The van der Waals surface area contributed by atoms with Crippen LogP contribution in [0, 0.1) is 10.5 Å². The Balaban J connectivity index is 2.88. The van der Waals surface area contributed by atoms with Crippen LogP contribution in [-0.2, 0) is 0 Å². The molecule has 1 aromatic rings. The van der Waals surface area contributed by atoms with Crippen LogP contribution in [0.1, 0.15) is 5.56 Å². The molecule has 0 aliphatic heterocycles. The molecule has 0 fully saturated rings. The molecule has 0 spiro atoms. The minimum absolute atomic E-state index is 0.231. The predicted octanol–water partition coefficient (Wildman–Crippen LogP) is -0.593. The maximum atomic E-state index is 5.69. The first kappa shape index (κ1) is 7.35. The van der Waals surface area contributed by atoms with Gasteiger partial charge in [0.15, 0.2) is 0 Å². The first-order chi connectivity index (χ1) is 4.33. The van der Waals surface area contributed by atoms with Crippen LogP contribution in [0.2, 0.25) is 0 Å². The van der Waals surface area contributed by atoms with E-state index in [1.165, 1.54) is 9.13 Å². The molecule has 1 rings (SSSR count). The number of benzene rings is 1. The number of rotatable bonds is 1. The third-order valence-electron chi connectivity index (χ3n) is 1.09. The molecule has 1 aromatic carbocycles. The van der Waals surface area contributed by atoms with Crippen molar-refractivity contribution in [3.63, 3.8) is 0 Å². The molecule has 9 heavy (non-hydrogen) atoms. The summed E-state index contributed by atoms with van der Waals surface area (Å²) < 4.78 is 1.29. The number of hydrogen-bond acceptors (Lipinski definition) is 0. The van der Waals surface area contributed by atoms with Gasteiger partial charge in [-0.25, -0.2) is 0 Å². The summed E-state index contributed by atoms with van der Waals surface area (Å²) in [5.74, 6) is 0. The molecule has 0 aromatic heterocycles. The van der Waals surface area contributed by atoms with Crippen molar-refractivity contribution in [3.8, 4) is 0 Å². The Morgan fingerprint density at radius 2 is 1.78 bits per heavy atom. The van der Waals surface area contributed by atoms with E-state index in [9.17, 15) is 0 Å². The zero-order valence-corrected chi connectivity index (χ0v) is 7.98. The molecular weight excluding hydrogens is 246 g/mol. The topological polar surface area (TPSA) is 0 Å². The maximum absolute atomic E-state index is 5.69. The van der Waals surface area contributed by atoms with E-state index < -0.39 is 0 Å². The molecule has 0 saturated heterocycles. The van der Waals surface area contributed by atoms with Crippen LogP contribution in [0.5, 0.6) is 0 Å². The molecule has 2 heteroatoms. The number of halogens is 2. The summed E-state index contributed by atoms with van der Waals surface area (Å²) in [5.41, 5.74) is 1.30. The fourth-order valence-electron chi connectivity index (χ4n) is 0.581. The zero-order chi connectivity index (χ0) is 6.69. The van der Waals surface area contributed by atoms with Crippen LogP contribution in [0.15, 0.2) is 24.3 Å². The van der Waals surface area contributed by atoms with E-state index in [0.29, 0.717) is 0 Å². The first-order valence-electron chi connectivity index (χ1n) is 2.65. The fraction of sp³-hybridized carbons (Fsp3) is 0.143. The fourth-order valence-corrected chi connectivity index (χ4v) is 1.85. The van der Waals surface area contributed by atoms with E-state index in [4.69, 9.17) is 8.91 Å². The molecule has 0 aliphatic rings. The average molecular weight is 253 g/mol. The third kappa shape index (κ3) is 2.14. The number of hydrogen-bond donors (Lipinski definition) is 0. The second kappa shape index (κ2) is 3.42. The Hall–Kier alpha value is 0.240. The molecule has 0 heterocycles. The Morgan fingerprint density at radius 1 is 1.22 bits per heavy atom. The Bertz CT molecular complexity index is 181. The summed E-state index contributed by atoms with van der Waals surface area (Å²) in [7, 11) is 5.69. The molecule has 0 amide bonds. The Labute approximate surface area is 69.2 Å². The molecule has 0 N–H and O–H groups in total. The standard InChI is InChI=1S/C7H7ClI/c1-6-2-4-7(9-8)5-3-6/h2-5H,1H3/q-1. The normalized spacial score (nSPS) is 10.0. The van der Waals surface area contributed by atoms with E-state index in [2.05, 4.69) is 31.2 Å². The van der Waals surface area contributed by atoms with Crippen LogP contribution in [0.3, 0.4) is 0 Å². The van der Waals surface area contributed by atoms with Crippen molar-refractivity contribution >= 4 is 8.91 Å². The molecule has 0 aliphatic carbocycles. The van der Waals surface area contributed by atoms with Crippen molar-refractivity contribution in [1.29, 1.82) is 0 Å². The predicted molar refractivity (Wildman–Crippen MR) is 35.7 cm³/mol. The Morgan fingerprint density at radius 3 is 2.22 bits per heavy atom. The first-order valence-corrected chi connectivity index (χ1v) is 6.46. The second-order valence-corrected chi connectivity index (χ2v) is 4.48. The molecule has 0 atom stereocenters. The van der Waals surface area contributed by atoms with Gasteiger partial charge < -0.3 is 0 Å². The van der Waals surface area contributed by atoms with Gasteiger partial charge >= 0.3 is 69.3 Å². The zero-order valence-electron chi connectivity index (χ0n) is 5.07. The van der Waals surface area contributed by atoms with E-state index in [1.807, 2.05) is 0 Å². The average Bonchev–Trinajstić information content (AvgIpc) is 1.90. The van der Waals surface area contributed by atoms with Gasteiger partial charge in [-0.05, 0) is 0 Å². The van der Waals surface area contributed by atoms with E-state index in [-0.39, 0.29) is 20.1 Å². The third-order valence-corrected chi connectivity index (χ3v) is 3.39. The second-order valence-electron chi connectivity index (χ2n) is 1.87. The number of aryl methyl sites for hydroxylation is 1. The van der Waals surface area contributed by atoms with Gasteiger partial charge in [-0.3, -0.25) is 0 Å². The molecule has 0 radical (unpaired) electrons. The van der Waals surface area contributed by atoms with Crippen molar-refractivity contribution in [2.75, 3.05) is 0 Å². The Kier molecular flexibility index (Phi) is 2.79. The van der Waals surface area contributed by atoms with Gasteiger partial charge in [0, 0.05) is 0 Å². The van der Waals surface area contributed by atoms with Crippen LogP contribution in [0.4, 0.5) is 0 Å². The van der Waals surface area contributed by atoms with Gasteiger partial charge in [0.25, 0.3) is 0 Å². The van der Waals surface area contributed by atoms with Gasteiger partial charge in [-0.15, -0.1) is 0 Å². The van der Waals surface area contributed by atoms with Crippen LogP contribution >= 0.6 is 8.91 Å². The summed E-state index contributed by atoms with van der Waals surface area (Å²) in [6.45, 7) is 2.08. The van der Waals surface area contributed by atoms with Crippen molar-refractivity contribution in [3.05, 3.63) is 33.4 Å². The monoisotopic (exact) mass is 253 g/mol. The molecule has 0 saturated carbocycles. The molecule has 0 nitrogen and oxygen atoms in total. The molecule has 0 bridgehead atoms. The van der Waals surface area contributed by atoms with Crippen LogP contribution < -0.4 is 20.1 Å². The van der Waals surface area contributed by atoms with Crippen molar-refractivity contribution in [2.45, 2.75) is 6.92 Å². The van der Waals surface area contributed by atoms with Crippen molar-refractivity contribution in [1.82, 2.24) is 0 Å².